The molecule has 2 N–H and O–H groups in total. The molecule has 0 fully saturated rings. The molecule has 0 bridgehead atoms. The van der Waals surface area contributed by atoms with Gasteiger partial charge in [0, 0.05) is 11.1 Å². The highest BCUT2D eigenvalue weighted by Crippen LogP contribution is 2.26. The number of phenolic OH excluding ortho intramolecular Hbond substituents is 1. The van der Waals surface area contributed by atoms with Crippen molar-refractivity contribution in [1.82, 2.24) is 10.4 Å². The van der Waals surface area contributed by atoms with E-state index in [4.69, 9.17) is 9.72 Å². The molecular weight excluding hydrogens is 378 g/mol. The first-order chi connectivity index (χ1) is 14.6. The molecule has 0 aliphatic heterocycles. The van der Waals surface area contributed by atoms with E-state index in [0.29, 0.717) is 23.5 Å². The van der Waals surface area contributed by atoms with Crippen LogP contribution in [0.5, 0.6) is 11.5 Å². The lowest BCUT2D eigenvalue weighted by molar-refractivity contribution is 0.0956. The van der Waals surface area contributed by atoms with Crippen molar-refractivity contribution in [3.63, 3.8) is 0 Å². The Balaban J connectivity index is 1.79. The Morgan fingerprint density at radius 2 is 2.00 bits per heavy atom. The predicted molar refractivity (Wildman–Crippen MR) is 119 cm³/mol. The Hall–Kier alpha value is -3.41. The zero-order valence-electron chi connectivity index (χ0n) is 17.4. The number of carbonyl (C=O) groups is 1. The summed E-state index contributed by atoms with van der Waals surface area (Å²) in [6.45, 7) is 4.45. The second kappa shape index (κ2) is 10.4. The number of ether oxygens (including phenoxy) is 1. The Morgan fingerprint density at radius 1 is 1.17 bits per heavy atom. The number of amides is 1. The molecule has 2 aromatic carbocycles. The Bertz CT molecular complexity index is 1050. The number of hydrogen-bond acceptors (Lipinski definition) is 5. The largest absolute Gasteiger partial charge is 0.504 e. The summed E-state index contributed by atoms with van der Waals surface area (Å²) < 4.78 is 5.37. The minimum absolute atomic E-state index is 0.0666. The maximum atomic E-state index is 12.8. The highest BCUT2D eigenvalue weighted by molar-refractivity contribution is 6.06. The number of phenols is 1. The highest BCUT2D eigenvalue weighted by atomic mass is 16.5. The molecule has 1 aromatic heterocycles. The average Bonchev–Trinajstić information content (AvgIpc) is 2.75. The topological polar surface area (TPSA) is 83.8 Å². The third-order valence-electron chi connectivity index (χ3n) is 4.71. The highest BCUT2D eigenvalue weighted by Gasteiger charge is 2.12. The number of nitrogens with zero attached hydrogens (tertiary/aromatic N) is 2. The van der Waals surface area contributed by atoms with Gasteiger partial charge in [-0.1, -0.05) is 38.0 Å². The number of aryl methyl sites for hydroxylation is 1. The molecule has 0 radical (unpaired) electrons. The Labute approximate surface area is 176 Å². The lowest BCUT2D eigenvalue weighted by Gasteiger charge is -2.09. The van der Waals surface area contributed by atoms with Gasteiger partial charge in [-0.15, -0.1) is 0 Å². The van der Waals surface area contributed by atoms with Gasteiger partial charge in [-0.05, 0) is 55.7 Å². The number of aromatic nitrogens is 1. The van der Waals surface area contributed by atoms with Gasteiger partial charge in [0.2, 0.25) is 0 Å². The van der Waals surface area contributed by atoms with E-state index in [9.17, 15) is 9.90 Å². The molecule has 3 rings (SSSR count). The van der Waals surface area contributed by atoms with E-state index >= 15 is 0 Å². The number of aromatic hydroxyl groups is 1. The molecule has 6 nitrogen and oxygen atoms in total. The fraction of sp³-hybridized carbons (Fsp3) is 0.292. The SMILES string of the molecule is CCCCCc1cc(C(=O)NN=Cc2ccc(O)c(OCC)c2)c2ccccc2n1. The van der Waals surface area contributed by atoms with E-state index in [1.807, 2.05) is 37.3 Å². The molecule has 6 heteroatoms. The molecule has 0 aliphatic rings. The Morgan fingerprint density at radius 3 is 2.80 bits per heavy atom. The fourth-order valence-corrected chi connectivity index (χ4v) is 3.21. The van der Waals surface area contributed by atoms with Crippen LogP contribution in [0.2, 0.25) is 0 Å². The lowest BCUT2D eigenvalue weighted by Crippen LogP contribution is -2.18. The minimum atomic E-state index is -0.287. The first-order valence-electron chi connectivity index (χ1n) is 10.3. The van der Waals surface area contributed by atoms with Crippen molar-refractivity contribution in [1.29, 1.82) is 0 Å². The molecule has 156 valence electrons. The lowest BCUT2D eigenvalue weighted by atomic mass is 10.0. The monoisotopic (exact) mass is 405 g/mol. The van der Waals surface area contributed by atoms with Gasteiger partial charge in [0.1, 0.15) is 0 Å². The number of para-hydroxylation sites is 1. The van der Waals surface area contributed by atoms with Gasteiger partial charge in [-0.25, -0.2) is 5.43 Å². The van der Waals surface area contributed by atoms with Crippen molar-refractivity contribution in [2.45, 2.75) is 39.5 Å². The number of carbonyl (C=O) groups excluding carboxylic acids is 1. The van der Waals surface area contributed by atoms with Crippen LogP contribution >= 0.6 is 0 Å². The van der Waals surface area contributed by atoms with Crippen LogP contribution in [0.25, 0.3) is 10.9 Å². The van der Waals surface area contributed by atoms with Crippen LogP contribution in [-0.2, 0) is 6.42 Å². The number of hydrogen-bond donors (Lipinski definition) is 2. The van der Waals surface area contributed by atoms with Gasteiger partial charge < -0.3 is 9.84 Å². The van der Waals surface area contributed by atoms with Crippen LogP contribution < -0.4 is 10.2 Å². The fourth-order valence-electron chi connectivity index (χ4n) is 3.21. The van der Waals surface area contributed by atoms with E-state index in [1.165, 1.54) is 12.3 Å². The molecule has 1 heterocycles. The molecular formula is C24H27N3O3. The van der Waals surface area contributed by atoms with E-state index in [-0.39, 0.29) is 11.7 Å². The zero-order chi connectivity index (χ0) is 21.3. The molecule has 30 heavy (non-hydrogen) atoms. The molecule has 0 saturated heterocycles. The van der Waals surface area contributed by atoms with Crippen molar-refractivity contribution in [2.24, 2.45) is 5.10 Å². The zero-order valence-corrected chi connectivity index (χ0v) is 17.4. The van der Waals surface area contributed by atoms with E-state index in [0.717, 1.165) is 42.3 Å². The van der Waals surface area contributed by atoms with Crippen LogP contribution in [0.1, 0.15) is 54.7 Å². The summed E-state index contributed by atoms with van der Waals surface area (Å²) in [6, 6.07) is 14.4. The second-order valence-electron chi connectivity index (χ2n) is 6.99. The third-order valence-corrected chi connectivity index (χ3v) is 4.71. The second-order valence-corrected chi connectivity index (χ2v) is 6.99. The number of unbranched alkanes of at least 4 members (excludes halogenated alkanes) is 2. The molecule has 1 amide bonds. The number of benzene rings is 2. The minimum Gasteiger partial charge on any atom is -0.504 e. The van der Waals surface area contributed by atoms with Crippen molar-refractivity contribution in [2.75, 3.05) is 6.61 Å². The first kappa shape index (κ1) is 21.3. The standard InChI is InChI=1S/C24H27N3O3/c1-3-5-6-9-18-15-20(19-10-7-8-11-21(19)26-18)24(29)27-25-16-17-12-13-22(28)23(14-17)30-4-2/h7-8,10-16,28H,3-6,9H2,1-2H3,(H,27,29). The summed E-state index contributed by atoms with van der Waals surface area (Å²) in [5, 5.41) is 14.7. The van der Waals surface area contributed by atoms with Crippen molar-refractivity contribution in [3.8, 4) is 11.5 Å². The van der Waals surface area contributed by atoms with Gasteiger partial charge in [0.15, 0.2) is 11.5 Å². The number of nitrogens with one attached hydrogen (secondary N) is 1. The summed E-state index contributed by atoms with van der Waals surface area (Å²) in [4.78, 5) is 17.5. The third kappa shape index (κ3) is 5.35. The quantitative estimate of drug-likeness (QED) is 0.303. The van der Waals surface area contributed by atoms with E-state index in [2.05, 4.69) is 17.5 Å². The summed E-state index contributed by atoms with van der Waals surface area (Å²) in [5.41, 5.74) is 5.58. The summed E-state index contributed by atoms with van der Waals surface area (Å²) in [7, 11) is 0. The Kier molecular flexibility index (Phi) is 7.38. The van der Waals surface area contributed by atoms with Crippen molar-refractivity contribution >= 4 is 23.0 Å². The van der Waals surface area contributed by atoms with E-state index < -0.39 is 0 Å². The van der Waals surface area contributed by atoms with Gasteiger partial charge in [0.25, 0.3) is 5.91 Å². The normalized spacial score (nSPS) is 11.1. The van der Waals surface area contributed by atoms with Gasteiger partial charge in [-0.2, -0.15) is 5.10 Å². The first-order valence-corrected chi connectivity index (χ1v) is 10.3. The average molecular weight is 405 g/mol. The predicted octanol–water partition coefficient (Wildman–Crippen LogP) is 4.84. The van der Waals surface area contributed by atoms with Crippen LogP contribution in [0, 0.1) is 0 Å². The number of hydrazone groups is 1. The van der Waals surface area contributed by atoms with Crippen LogP contribution in [-0.4, -0.2) is 28.8 Å². The van der Waals surface area contributed by atoms with Gasteiger partial charge >= 0.3 is 0 Å². The number of fused-ring (bicyclic) bond motifs is 1. The molecule has 0 unspecified atom stereocenters. The van der Waals surface area contributed by atoms with Crippen LogP contribution in [0.3, 0.4) is 0 Å². The smallest absolute Gasteiger partial charge is 0.272 e. The number of rotatable bonds is 9. The maximum Gasteiger partial charge on any atom is 0.272 e. The van der Waals surface area contributed by atoms with Crippen LogP contribution in [0.4, 0.5) is 0 Å². The van der Waals surface area contributed by atoms with Crippen LogP contribution in [0.15, 0.2) is 53.6 Å². The van der Waals surface area contributed by atoms with Gasteiger partial charge in [-0.3, -0.25) is 9.78 Å². The number of pyridine rings is 1. The summed E-state index contributed by atoms with van der Waals surface area (Å²) in [6.07, 6.45) is 5.68. The molecule has 0 aliphatic carbocycles. The van der Waals surface area contributed by atoms with Crippen molar-refractivity contribution < 1.29 is 14.6 Å². The summed E-state index contributed by atoms with van der Waals surface area (Å²) >= 11 is 0. The molecule has 0 spiro atoms. The molecule has 0 saturated carbocycles. The summed E-state index contributed by atoms with van der Waals surface area (Å²) in [5.74, 6) is 0.159. The maximum absolute atomic E-state index is 12.8. The molecule has 0 atom stereocenters. The molecule has 3 aromatic rings. The van der Waals surface area contributed by atoms with E-state index in [1.54, 1.807) is 12.1 Å². The van der Waals surface area contributed by atoms with Crippen molar-refractivity contribution in [3.05, 3.63) is 65.4 Å². The van der Waals surface area contributed by atoms with Gasteiger partial charge in [0.05, 0.1) is 23.9 Å².